The number of rotatable bonds is 6. The Hall–Kier alpha value is -1.40. The first-order valence-corrected chi connectivity index (χ1v) is 7.82. The molecule has 2 heterocycles. The van der Waals surface area contributed by atoms with Crippen LogP contribution in [0.3, 0.4) is 0 Å². The predicted octanol–water partition coefficient (Wildman–Crippen LogP) is 1.74. The summed E-state index contributed by atoms with van der Waals surface area (Å²) in [4.78, 5) is 28.4. The molecule has 0 bridgehead atoms. The minimum atomic E-state index is -0.0720. The monoisotopic (exact) mass is 313 g/mol. The Bertz CT molecular complexity index is 665. The van der Waals surface area contributed by atoms with E-state index in [9.17, 15) is 9.59 Å². The van der Waals surface area contributed by atoms with Crippen molar-refractivity contribution in [3.63, 3.8) is 0 Å². The second-order valence-electron chi connectivity index (χ2n) is 4.47. The zero-order chi connectivity index (χ0) is 14.5. The van der Waals surface area contributed by atoms with E-state index in [0.29, 0.717) is 36.6 Å². The van der Waals surface area contributed by atoms with Crippen LogP contribution >= 0.6 is 22.9 Å². The molecule has 1 amide bonds. The third kappa shape index (κ3) is 3.58. The Labute approximate surface area is 125 Å². The van der Waals surface area contributed by atoms with Crippen LogP contribution in [-0.4, -0.2) is 27.7 Å². The molecule has 0 aliphatic heterocycles. The Kier molecular flexibility index (Phi) is 5.14. The van der Waals surface area contributed by atoms with Crippen molar-refractivity contribution < 1.29 is 4.79 Å². The van der Waals surface area contributed by atoms with Gasteiger partial charge in [0.2, 0.25) is 5.91 Å². The predicted molar refractivity (Wildman–Crippen MR) is 80.7 cm³/mol. The van der Waals surface area contributed by atoms with Crippen molar-refractivity contribution in [3.05, 3.63) is 33.2 Å². The van der Waals surface area contributed by atoms with Gasteiger partial charge in [0, 0.05) is 48.1 Å². The van der Waals surface area contributed by atoms with E-state index in [2.05, 4.69) is 10.3 Å². The molecule has 108 valence electrons. The SMILES string of the molecule is Cc1cc(=O)n2c(CCNC(=O)CCCCl)csc2n1. The first-order chi connectivity index (χ1) is 9.61. The van der Waals surface area contributed by atoms with E-state index in [1.165, 1.54) is 17.4 Å². The number of hydrogen-bond acceptors (Lipinski definition) is 4. The highest BCUT2D eigenvalue weighted by Gasteiger charge is 2.08. The van der Waals surface area contributed by atoms with Gasteiger partial charge in [-0.05, 0) is 13.3 Å². The highest BCUT2D eigenvalue weighted by molar-refractivity contribution is 7.15. The quantitative estimate of drug-likeness (QED) is 0.826. The first kappa shape index (κ1) is 15.0. The van der Waals surface area contributed by atoms with Gasteiger partial charge in [0.15, 0.2) is 4.96 Å². The smallest absolute Gasteiger partial charge is 0.258 e. The molecule has 0 fully saturated rings. The van der Waals surface area contributed by atoms with Gasteiger partial charge in [-0.2, -0.15) is 0 Å². The number of halogens is 1. The Morgan fingerprint density at radius 1 is 1.55 bits per heavy atom. The van der Waals surface area contributed by atoms with E-state index in [-0.39, 0.29) is 11.5 Å². The molecule has 2 aromatic heterocycles. The number of carbonyl (C=O) groups is 1. The fourth-order valence-electron chi connectivity index (χ4n) is 1.90. The number of fused-ring (bicyclic) bond motifs is 1. The molecule has 7 heteroatoms. The molecule has 2 rings (SSSR count). The van der Waals surface area contributed by atoms with Gasteiger partial charge in [0.1, 0.15) is 0 Å². The molecular weight excluding hydrogens is 298 g/mol. The third-order valence-electron chi connectivity index (χ3n) is 2.84. The van der Waals surface area contributed by atoms with E-state index in [4.69, 9.17) is 11.6 Å². The maximum absolute atomic E-state index is 11.9. The Balaban J connectivity index is 2.01. The van der Waals surface area contributed by atoms with Crippen molar-refractivity contribution in [1.29, 1.82) is 0 Å². The van der Waals surface area contributed by atoms with Crippen molar-refractivity contribution in [2.75, 3.05) is 12.4 Å². The van der Waals surface area contributed by atoms with Crippen LogP contribution in [0.5, 0.6) is 0 Å². The van der Waals surface area contributed by atoms with Crippen molar-refractivity contribution in [2.24, 2.45) is 0 Å². The van der Waals surface area contributed by atoms with Crippen LogP contribution in [0, 0.1) is 6.92 Å². The lowest BCUT2D eigenvalue weighted by atomic mass is 10.3. The number of alkyl halides is 1. The molecular formula is C13H16ClN3O2S. The second kappa shape index (κ2) is 6.85. The summed E-state index contributed by atoms with van der Waals surface area (Å²) >= 11 is 6.97. The summed E-state index contributed by atoms with van der Waals surface area (Å²) in [7, 11) is 0. The number of nitrogens with one attached hydrogen (secondary N) is 1. The molecule has 5 nitrogen and oxygen atoms in total. The molecule has 0 aromatic carbocycles. The van der Waals surface area contributed by atoms with Crippen molar-refractivity contribution in [1.82, 2.24) is 14.7 Å². The number of amides is 1. The summed E-state index contributed by atoms with van der Waals surface area (Å²) in [6.07, 6.45) is 1.73. The summed E-state index contributed by atoms with van der Waals surface area (Å²) in [5.41, 5.74) is 1.52. The van der Waals surface area contributed by atoms with Crippen molar-refractivity contribution in [3.8, 4) is 0 Å². The topological polar surface area (TPSA) is 63.5 Å². The number of hydrogen-bond donors (Lipinski definition) is 1. The van der Waals surface area contributed by atoms with Crippen LogP contribution in [-0.2, 0) is 11.2 Å². The van der Waals surface area contributed by atoms with Gasteiger partial charge in [-0.25, -0.2) is 4.98 Å². The van der Waals surface area contributed by atoms with E-state index in [1.54, 1.807) is 11.3 Å². The lowest BCUT2D eigenvalue weighted by Crippen LogP contribution is -2.26. The number of carbonyl (C=O) groups excluding carboxylic acids is 1. The summed E-state index contributed by atoms with van der Waals surface area (Å²) < 4.78 is 1.60. The summed E-state index contributed by atoms with van der Waals surface area (Å²) in [5, 5.41) is 4.73. The Morgan fingerprint density at radius 3 is 3.10 bits per heavy atom. The lowest BCUT2D eigenvalue weighted by molar-refractivity contribution is -0.121. The molecule has 0 saturated carbocycles. The van der Waals surface area contributed by atoms with Gasteiger partial charge in [-0.1, -0.05) is 0 Å². The summed E-state index contributed by atoms with van der Waals surface area (Å²) in [6, 6.07) is 1.52. The van der Waals surface area contributed by atoms with Gasteiger partial charge in [0.05, 0.1) is 0 Å². The molecule has 0 unspecified atom stereocenters. The average molecular weight is 314 g/mol. The fraction of sp³-hybridized carbons (Fsp3) is 0.462. The summed E-state index contributed by atoms with van der Waals surface area (Å²) in [6.45, 7) is 2.31. The third-order valence-corrected chi connectivity index (χ3v) is 3.99. The zero-order valence-corrected chi connectivity index (χ0v) is 12.8. The maximum Gasteiger partial charge on any atom is 0.258 e. The van der Waals surface area contributed by atoms with E-state index >= 15 is 0 Å². The fourth-order valence-corrected chi connectivity index (χ4v) is 3.01. The molecule has 0 radical (unpaired) electrons. The minimum absolute atomic E-state index is 0.00787. The number of nitrogens with zero attached hydrogens (tertiary/aromatic N) is 2. The maximum atomic E-state index is 11.9. The molecule has 0 aliphatic rings. The van der Waals surface area contributed by atoms with Crippen LogP contribution in [0.15, 0.2) is 16.2 Å². The number of aromatic nitrogens is 2. The highest BCUT2D eigenvalue weighted by Crippen LogP contribution is 2.12. The van der Waals surface area contributed by atoms with Gasteiger partial charge >= 0.3 is 0 Å². The van der Waals surface area contributed by atoms with Gasteiger partial charge in [-0.3, -0.25) is 14.0 Å². The Morgan fingerprint density at radius 2 is 2.35 bits per heavy atom. The molecule has 0 spiro atoms. The minimum Gasteiger partial charge on any atom is -0.356 e. The molecule has 0 saturated heterocycles. The van der Waals surface area contributed by atoms with Crippen LogP contribution in [0.4, 0.5) is 0 Å². The zero-order valence-electron chi connectivity index (χ0n) is 11.2. The molecule has 1 N–H and O–H groups in total. The van der Waals surface area contributed by atoms with Gasteiger partial charge in [0.25, 0.3) is 5.56 Å². The summed E-state index contributed by atoms with van der Waals surface area (Å²) in [5.74, 6) is 0.481. The largest absolute Gasteiger partial charge is 0.356 e. The normalized spacial score (nSPS) is 10.9. The molecule has 2 aromatic rings. The van der Waals surface area contributed by atoms with Gasteiger partial charge < -0.3 is 5.32 Å². The van der Waals surface area contributed by atoms with Gasteiger partial charge in [-0.15, -0.1) is 22.9 Å². The van der Waals surface area contributed by atoms with Crippen LogP contribution in [0.2, 0.25) is 0 Å². The van der Waals surface area contributed by atoms with E-state index in [1.807, 2.05) is 5.38 Å². The average Bonchev–Trinajstić information content (AvgIpc) is 2.79. The van der Waals surface area contributed by atoms with E-state index in [0.717, 1.165) is 11.4 Å². The number of thiazole rings is 1. The standard InChI is InChI=1S/C13H16ClN3O2S/c1-9-7-12(19)17-10(8-20-13(17)16-9)4-6-15-11(18)3-2-5-14/h7-8H,2-6H2,1H3,(H,15,18). The second-order valence-corrected chi connectivity index (χ2v) is 5.69. The van der Waals surface area contributed by atoms with Crippen LogP contribution in [0.1, 0.15) is 24.2 Å². The first-order valence-electron chi connectivity index (χ1n) is 6.41. The van der Waals surface area contributed by atoms with Crippen molar-refractivity contribution in [2.45, 2.75) is 26.2 Å². The number of aryl methyl sites for hydroxylation is 1. The lowest BCUT2D eigenvalue weighted by Gasteiger charge is -2.04. The molecule has 20 heavy (non-hydrogen) atoms. The molecule has 0 atom stereocenters. The van der Waals surface area contributed by atoms with Crippen molar-refractivity contribution >= 4 is 33.8 Å². The van der Waals surface area contributed by atoms with Crippen LogP contribution in [0.25, 0.3) is 4.96 Å². The van der Waals surface area contributed by atoms with Crippen LogP contribution < -0.4 is 10.9 Å². The molecule has 0 aliphatic carbocycles. The highest BCUT2D eigenvalue weighted by atomic mass is 35.5. The van der Waals surface area contributed by atoms with E-state index < -0.39 is 0 Å².